The highest BCUT2D eigenvalue weighted by atomic mass is 32.1. The van der Waals surface area contributed by atoms with E-state index in [1.54, 1.807) is 0 Å². The number of amides is 3. The van der Waals surface area contributed by atoms with Crippen molar-refractivity contribution in [1.82, 2.24) is 15.5 Å². The summed E-state index contributed by atoms with van der Waals surface area (Å²) in [7, 11) is 0. The first kappa shape index (κ1) is 15.5. The van der Waals surface area contributed by atoms with Gasteiger partial charge in [0.15, 0.2) is 0 Å². The molecule has 22 heavy (non-hydrogen) atoms. The summed E-state index contributed by atoms with van der Waals surface area (Å²) in [6.07, 6.45) is 4.36. The van der Waals surface area contributed by atoms with Crippen LogP contribution in [0.4, 0.5) is 4.79 Å². The van der Waals surface area contributed by atoms with Gasteiger partial charge in [-0.1, -0.05) is 6.92 Å². The lowest BCUT2D eigenvalue weighted by atomic mass is 9.96. The van der Waals surface area contributed by atoms with Crippen molar-refractivity contribution in [2.45, 2.75) is 38.6 Å². The monoisotopic (exact) mass is 321 g/mol. The summed E-state index contributed by atoms with van der Waals surface area (Å²) in [6.45, 7) is 3.77. The fourth-order valence-corrected chi connectivity index (χ4v) is 4.09. The molecule has 120 valence electrons. The molecule has 3 rings (SSSR count). The second-order valence-electron chi connectivity index (χ2n) is 6.11. The van der Waals surface area contributed by atoms with Gasteiger partial charge in [0.05, 0.1) is 6.54 Å². The van der Waals surface area contributed by atoms with E-state index in [1.807, 2.05) is 18.3 Å². The zero-order valence-corrected chi connectivity index (χ0v) is 13.7. The first-order valence-corrected chi connectivity index (χ1v) is 8.95. The lowest BCUT2D eigenvalue weighted by Crippen LogP contribution is -2.47. The Morgan fingerprint density at radius 1 is 1.41 bits per heavy atom. The van der Waals surface area contributed by atoms with Gasteiger partial charge in [-0.3, -0.25) is 15.0 Å². The third-order valence-corrected chi connectivity index (χ3v) is 5.32. The van der Waals surface area contributed by atoms with E-state index in [4.69, 9.17) is 0 Å². The summed E-state index contributed by atoms with van der Waals surface area (Å²) in [6, 6.07) is 2.18. The van der Waals surface area contributed by atoms with Crippen molar-refractivity contribution in [1.29, 1.82) is 0 Å². The molecule has 2 aliphatic rings. The average Bonchev–Trinajstić information content (AvgIpc) is 3.21. The minimum atomic E-state index is -0.386. The maximum atomic E-state index is 12.1. The van der Waals surface area contributed by atoms with Crippen molar-refractivity contribution in [3.63, 3.8) is 0 Å². The van der Waals surface area contributed by atoms with Gasteiger partial charge >= 0.3 is 6.03 Å². The minimum absolute atomic E-state index is 0.210. The lowest BCUT2D eigenvalue weighted by Gasteiger charge is -2.35. The molecule has 0 spiro atoms. The number of rotatable bonds is 5. The standard InChI is InChI=1S/C16H23N3O2S/c1-2-7-17-16(21)18-14(20)10-19-8-5-13-12(6-9-22-13)15(19)11-3-4-11/h6,9,11,15H,2-5,7-8,10H2,1H3,(H2,17,18,20,21)/t15-/m1/s1. The Labute approximate surface area is 135 Å². The van der Waals surface area contributed by atoms with Crippen molar-refractivity contribution in [2.75, 3.05) is 19.6 Å². The molecule has 6 heteroatoms. The van der Waals surface area contributed by atoms with E-state index in [2.05, 4.69) is 27.0 Å². The highest BCUT2D eigenvalue weighted by Gasteiger charge is 2.40. The molecule has 3 amide bonds. The van der Waals surface area contributed by atoms with E-state index in [9.17, 15) is 9.59 Å². The second-order valence-corrected chi connectivity index (χ2v) is 7.11. The largest absolute Gasteiger partial charge is 0.338 e. The zero-order chi connectivity index (χ0) is 15.5. The number of hydrogen-bond donors (Lipinski definition) is 2. The number of imide groups is 1. The SMILES string of the molecule is CCCNC(=O)NC(=O)CN1CCc2sccc2[C@H]1C1CC1. The molecule has 1 aliphatic heterocycles. The first-order chi connectivity index (χ1) is 10.7. The molecular formula is C16H23N3O2S. The highest BCUT2D eigenvalue weighted by molar-refractivity contribution is 7.10. The number of carbonyl (C=O) groups is 2. The fourth-order valence-electron chi connectivity index (χ4n) is 3.17. The van der Waals surface area contributed by atoms with Gasteiger partial charge in [0.1, 0.15) is 0 Å². The predicted octanol–water partition coefficient (Wildman–Crippen LogP) is 2.29. The Morgan fingerprint density at radius 2 is 2.23 bits per heavy atom. The molecule has 1 fully saturated rings. The van der Waals surface area contributed by atoms with Crippen LogP contribution in [0.25, 0.3) is 0 Å². The zero-order valence-electron chi connectivity index (χ0n) is 12.9. The molecule has 5 nitrogen and oxygen atoms in total. The van der Waals surface area contributed by atoms with E-state index in [1.165, 1.54) is 23.3 Å². The van der Waals surface area contributed by atoms with Crippen LogP contribution in [0.5, 0.6) is 0 Å². The van der Waals surface area contributed by atoms with Crippen molar-refractivity contribution >= 4 is 23.3 Å². The van der Waals surface area contributed by atoms with Crippen LogP contribution in [0.2, 0.25) is 0 Å². The molecular weight excluding hydrogens is 298 g/mol. The molecule has 0 aromatic carbocycles. The van der Waals surface area contributed by atoms with Gasteiger partial charge in [-0.2, -0.15) is 0 Å². The number of fused-ring (bicyclic) bond motifs is 1. The van der Waals surface area contributed by atoms with Gasteiger partial charge < -0.3 is 5.32 Å². The van der Waals surface area contributed by atoms with Crippen LogP contribution in [0, 0.1) is 5.92 Å². The Morgan fingerprint density at radius 3 is 2.95 bits per heavy atom. The Bertz CT molecular complexity index is 553. The van der Waals surface area contributed by atoms with Gasteiger partial charge in [0.25, 0.3) is 0 Å². The summed E-state index contributed by atoms with van der Waals surface area (Å²) in [4.78, 5) is 27.4. The number of thiophene rings is 1. The van der Waals surface area contributed by atoms with Crippen molar-refractivity contribution in [3.05, 3.63) is 21.9 Å². The summed E-state index contributed by atoms with van der Waals surface area (Å²) in [5.41, 5.74) is 1.40. The van der Waals surface area contributed by atoms with Crippen LogP contribution in [0.15, 0.2) is 11.4 Å². The van der Waals surface area contributed by atoms with Crippen molar-refractivity contribution in [3.8, 4) is 0 Å². The van der Waals surface area contributed by atoms with Crippen LogP contribution in [-0.4, -0.2) is 36.5 Å². The van der Waals surface area contributed by atoms with Crippen molar-refractivity contribution < 1.29 is 9.59 Å². The summed E-state index contributed by atoms with van der Waals surface area (Å²) < 4.78 is 0. The molecule has 0 bridgehead atoms. The highest BCUT2D eigenvalue weighted by Crippen LogP contribution is 2.48. The van der Waals surface area contributed by atoms with Crippen LogP contribution >= 0.6 is 11.3 Å². The normalized spacial score (nSPS) is 21.2. The summed E-state index contributed by atoms with van der Waals surface area (Å²) in [5, 5.41) is 7.26. The predicted molar refractivity (Wildman–Crippen MR) is 86.9 cm³/mol. The van der Waals surface area contributed by atoms with Gasteiger partial charge in [-0.15, -0.1) is 11.3 Å². The number of carbonyl (C=O) groups excluding carboxylic acids is 2. The number of nitrogens with one attached hydrogen (secondary N) is 2. The molecule has 0 radical (unpaired) electrons. The third kappa shape index (κ3) is 3.50. The van der Waals surface area contributed by atoms with Crippen LogP contribution in [0.1, 0.15) is 42.7 Å². The number of urea groups is 1. The Hall–Kier alpha value is -1.40. The molecule has 1 aliphatic carbocycles. The molecule has 1 atom stereocenters. The van der Waals surface area contributed by atoms with Gasteiger partial charge in [0, 0.05) is 24.0 Å². The summed E-state index contributed by atoms with van der Waals surface area (Å²) in [5.74, 6) is 0.466. The maximum absolute atomic E-state index is 12.1. The van der Waals surface area contributed by atoms with E-state index in [0.717, 1.165) is 19.4 Å². The smallest absolute Gasteiger partial charge is 0.321 e. The molecule has 0 saturated heterocycles. The quantitative estimate of drug-likeness (QED) is 0.875. The van der Waals surface area contributed by atoms with Gasteiger partial charge in [-0.05, 0) is 48.6 Å². The lowest BCUT2D eigenvalue weighted by molar-refractivity contribution is -0.122. The van der Waals surface area contributed by atoms with Crippen LogP contribution in [-0.2, 0) is 11.2 Å². The van der Waals surface area contributed by atoms with E-state index >= 15 is 0 Å². The first-order valence-electron chi connectivity index (χ1n) is 8.07. The van der Waals surface area contributed by atoms with Gasteiger partial charge in [0.2, 0.25) is 5.91 Å². The summed E-state index contributed by atoms with van der Waals surface area (Å²) >= 11 is 1.82. The molecule has 0 unspecified atom stereocenters. The number of nitrogens with zero attached hydrogens (tertiary/aromatic N) is 1. The maximum Gasteiger partial charge on any atom is 0.321 e. The van der Waals surface area contributed by atoms with Gasteiger partial charge in [-0.25, -0.2) is 4.79 Å². The van der Waals surface area contributed by atoms with Crippen LogP contribution < -0.4 is 10.6 Å². The average molecular weight is 321 g/mol. The molecule has 1 aromatic heterocycles. The molecule has 2 N–H and O–H groups in total. The Balaban J connectivity index is 1.60. The van der Waals surface area contributed by atoms with E-state index in [-0.39, 0.29) is 11.9 Å². The molecule has 1 aromatic rings. The second kappa shape index (κ2) is 6.79. The van der Waals surface area contributed by atoms with Crippen LogP contribution in [0.3, 0.4) is 0 Å². The number of hydrogen-bond acceptors (Lipinski definition) is 4. The minimum Gasteiger partial charge on any atom is -0.338 e. The Kier molecular flexibility index (Phi) is 4.78. The van der Waals surface area contributed by atoms with E-state index in [0.29, 0.717) is 25.0 Å². The van der Waals surface area contributed by atoms with Crippen molar-refractivity contribution in [2.24, 2.45) is 5.92 Å². The fraction of sp³-hybridized carbons (Fsp3) is 0.625. The third-order valence-electron chi connectivity index (χ3n) is 4.32. The molecule has 2 heterocycles. The molecule has 1 saturated carbocycles. The topological polar surface area (TPSA) is 61.4 Å². The van der Waals surface area contributed by atoms with E-state index < -0.39 is 0 Å².